The minimum absolute atomic E-state index is 0.900. The van der Waals surface area contributed by atoms with Gasteiger partial charge in [0.25, 0.3) is 0 Å². The Bertz CT molecular complexity index is 3630. The summed E-state index contributed by atoms with van der Waals surface area (Å²) >= 11 is 0. The molecular formula is C60H39NO. The van der Waals surface area contributed by atoms with Gasteiger partial charge >= 0.3 is 0 Å². The van der Waals surface area contributed by atoms with E-state index in [-0.39, 0.29) is 0 Å². The Balaban J connectivity index is 1.05. The standard InChI is InChI=1S/C60H39NO/c1-2-14-41(15-3-1)50-25-11-17-43-18-12-27-55(60(43)50)53-22-6-8-28-57(53)61(46-34-30-40(31-35-46)44-33-37-59-56(39-44)54-23-7-9-29-58(54)62-59)47-20-10-19-45(38-47)49-24-13-26-51-48-21-5-4-16-42(48)32-36-52(49)51/h1-39H. The van der Waals surface area contributed by atoms with E-state index in [4.69, 9.17) is 4.42 Å². The number of rotatable bonds is 7. The van der Waals surface area contributed by atoms with Gasteiger partial charge in [-0.3, -0.25) is 0 Å². The van der Waals surface area contributed by atoms with E-state index in [1.165, 1.54) is 60.1 Å². The van der Waals surface area contributed by atoms with Crippen LogP contribution in [-0.4, -0.2) is 0 Å². The fourth-order valence-electron chi connectivity index (χ4n) is 9.56. The maximum Gasteiger partial charge on any atom is 0.135 e. The second-order valence-corrected chi connectivity index (χ2v) is 16.0. The first-order valence-corrected chi connectivity index (χ1v) is 21.2. The molecule has 12 rings (SSSR count). The zero-order valence-electron chi connectivity index (χ0n) is 33.9. The van der Waals surface area contributed by atoms with E-state index in [2.05, 4.69) is 229 Å². The van der Waals surface area contributed by atoms with Gasteiger partial charge < -0.3 is 9.32 Å². The molecular weight excluding hydrogens is 751 g/mol. The molecule has 1 heterocycles. The van der Waals surface area contributed by atoms with E-state index in [0.717, 1.165) is 55.7 Å². The highest BCUT2D eigenvalue weighted by atomic mass is 16.3. The maximum atomic E-state index is 6.18. The minimum atomic E-state index is 0.900. The molecule has 0 spiro atoms. The molecule has 2 heteroatoms. The highest BCUT2D eigenvalue weighted by Crippen LogP contribution is 2.46. The van der Waals surface area contributed by atoms with Crippen LogP contribution in [0.15, 0.2) is 241 Å². The van der Waals surface area contributed by atoms with Gasteiger partial charge in [-0.2, -0.15) is 0 Å². The fraction of sp³-hybridized carbons (Fsp3) is 0. The Morgan fingerprint density at radius 3 is 1.79 bits per heavy atom. The number of fused-ring (bicyclic) bond motifs is 7. The molecule has 0 amide bonds. The van der Waals surface area contributed by atoms with Gasteiger partial charge in [-0.05, 0) is 120 Å². The van der Waals surface area contributed by atoms with Crippen LogP contribution in [0, 0.1) is 0 Å². The highest BCUT2D eigenvalue weighted by molar-refractivity contribution is 6.13. The molecule has 0 saturated carbocycles. The van der Waals surface area contributed by atoms with Gasteiger partial charge in [0.15, 0.2) is 0 Å². The van der Waals surface area contributed by atoms with E-state index >= 15 is 0 Å². The van der Waals surface area contributed by atoms with Gasteiger partial charge in [-0.1, -0.05) is 188 Å². The number of furan rings is 1. The number of hydrogen-bond donors (Lipinski definition) is 0. The van der Waals surface area contributed by atoms with Crippen molar-refractivity contribution >= 4 is 71.3 Å². The maximum absolute atomic E-state index is 6.18. The summed E-state index contributed by atoms with van der Waals surface area (Å²) < 4.78 is 6.18. The van der Waals surface area contributed by atoms with Crippen molar-refractivity contribution in [2.75, 3.05) is 4.90 Å². The van der Waals surface area contributed by atoms with Crippen molar-refractivity contribution in [1.29, 1.82) is 0 Å². The predicted octanol–water partition coefficient (Wildman–Crippen LogP) is 17.2. The van der Waals surface area contributed by atoms with Gasteiger partial charge in [0.05, 0.1) is 5.69 Å². The topological polar surface area (TPSA) is 16.4 Å². The van der Waals surface area contributed by atoms with Crippen molar-refractivity contribution in [3.05, 3.63) is 237 Å². The smallest absolute Gasteiger partial charge is 0.135 e. The number of anilines is 3. The summed E-state index contributed by atoms with van der Waals surface area (Å²) in [5.41, 5.74) is 14.5. The average Bonchev–Trinajstić information content (AvgIpc) is 3.72. The third-order valence-corrected chi connectivity index (χ3v) is 12.5. The first-order valence-electron chi connectivity index (χ1n) is 21.2. The monoisotopic (exact) mass is 789 g/mol. The zero-order valence-corrected chi connectivity index (χ0v) is 33.9. The van der Waals surface area contributed by atoms with Crippen LogP contribution in [0.25, 0.3) is 98.8 Å². The largest absolute Gasteiger partial charge is 0.456 e. The first kappa shape index (κ1) is 35.7. The average molecular weight is 790 g/mol. The molecule has 0 fully saturated rings. The zero-order chi connectivity index (χ0) is 41.0. The van der Waals surface area contributed by atoms with Crippen molar-refractivity contribution in [2.24, 2.45) is 0 Å². The van der Waals surface area contributed by atoms with Crippen LogP contribution in [0.2, 0.25) is 0 Å². The minimum Gasteiger partial charge on any atom is -0.456 e. The molecule has 0 bridgehead atoms. The molecule has 0 aliphatic heterocycles. The van der Waals surface area contributed by atoms with Crippen LogP contribution in [0.5, 0.6) is 0 Å². The molecule has 1 aromatic heterocycles. The highest BCUT2D eigenvalue weighted by Gasteiger charge is 2.21. The molecule has 0 N–H and O–H groups in total. The van der Waals surface area contributed by atoms with Gasteiger partial charge in [-0.25, -0.2) is 0 Å². The lowest BCUT2D eigenvalue weighted by Crippen LogP contribution is -2.11. The van der Waals surface area contributed by atoms with E-state index < -0.39 is 0 Å². The number of para-hydroxylation sites is 2. The number of benzene rings is 11. The molecule has 62 heavy (non-hydrogen) atoms. The molecule has 0 radical (unpaired) electrons. The number of hydrogen-bond acceptors (Lipinski definition) is 2. The van der Waals surface area contributed by atoms with Crippen molar-refractivity contribution in [2.45, 2.75) is 0 Å². The predicted molar refractivity (Wildman–Crippen MR) is 263 cm³/mol. The first-order chi connectivity index (χ1) is 30.7. The van der Waals surface area contributed by atoms with Gasteiger partial charge in [-0.15, -0.1) is 0 Å². The summed E-state index contributed by atoms with van der Waals surface area (Å²) in [7, 11) is 0. The lowest BCUT2D eigenvalue weighted by molar-refractivity contribution is 0.669. The van der Waals surface area contributed by atoms with Gasteiger partial charge in [0.1, 0.15) is 11.2 Å². The molecule has 12 aromatic rings. The summed E-state index contributed by atoms with van der Waals surface area (Å²) in [4.78, 5) is 2.43. The molecule has 0 saturated heterocycles. The second kappa shape index (κ2) is 14.8. The normalized spacial score (nSPS) is 11.5. The van der Waals surface area contributed by atoms with E-state index in [9.17, 15) is 0 Å². The molecule has 0 atom stereocenters. The summed E-state index contributed by atoms with van der Waals surface area (Å²) in [6, 6.07) is 85.7. The van der Waals surface area contributed by atoms with Gasteiger partial charge in [0.2, 0.25) is 0 Å². The Morgan fingerprint density at radius 2 is 0.903 bits per heavy atom. The van der Waals surface area contributed by atoms with Crippen LogP contribution >= 0.6 is 0 Å². The van der Waals surface area contributed by atoms with E-state index in [1.54, 1.807) is 0 Å². The van der Waals surface area contributed by atoms with Crippen LogP contribution in [0.3, 0.4) is 0 Å². The quantitative estimate of drug-likeness (QED) is 0.150. The third kappa shape index (κ3) is 6.04. The van der Waals surface area contributed by atoms with Gasteiger partial charge in [0, 0.05) is 27.7 Å². The second-order valence-electron chi connectivity index (χ2n) is 16.0. The Labute approximate surface area is 360 Å². The van der Waals surface area contributed by atoms with Crippen molar-refractivity contribution in [3.8, 4) is 44.5 Å². The van der Waals surface area contributed by atoms with Crippen molar-refractivity contribution in [1.82, 2.24) is 0 Å². The number of nitrogens with zero attached hydrogens (tertiary/aromatic N) is 1. The summed E-state index contributed by atoms with van der Waals surface area (Å²) in [5.74, 6) is 0. The van der Waals surface area contributed by atoms with Crippen LogP contribution < -0.4 is 4.90 Å². The van der Waals surface area contributed by atoms with Crippen LogP contribution in [0.4, 0.5) is 17.1 Å². The Kier molecular flexibility index (Phi) is 8.53. The summed E-state index contributed by atoms with van der Waals surface area (Å²) in [6.45, 7) is 0. The lowest BCUT2D eigenvalue weighted by Gasteiger charge is -2.29. The van der Waals surface area contributed by atoms with Crippen molar-refractivity contribution < 1.29 is 4.42 Å². The van der Waals surface area contributed by atoms with E-state index in [1.807, 2.05) is 12.1 Å². The lowest BCUT2D eigenvalue weighted by atomic mass is 9.90. The Hall–Kier alpha value is -8.20. The van der Waals surface area contributed by atoms with Crippen LogP contribution in [-0.2, 0) is 0 Å². The molecule has 290 valence electrons. The Morgan fingerprint density at radius 1 is 0.274 bits per heavy atom. The molecule has 11 aromatic carbocycles. The molecule has 0 aliphatic rings. The summed E-state index contributed by atoms with van der Waals surface area (Å²) in [5, 5.41) is 9.72. The summed E-state index contributed by atoms with van der Waals surface area (Å²) in [6.07, 6.45) is 0. The SMILES string of the molecule is c1ccc(-c2cccc3cccc(-c4ccccc4N(c4ccc(-c5ccc6oc7ccccc7c6c5)cc4)c4cccc(-c5cccc6c5ccc5ccccc56)c4)c23)cc1. The van der Waals surface area contributed by atoms with Crippen LogP contribution in [0.1, 0.15) is 0 Å². The van der Waals surface area contributed by atoms with Crippen molar-refractivity contribution in [3.63, 3.8) is 0 Å². The molecule has 0 unspecified atom stereocenters. The third-order valence-electron chi connectivity index (χ3n) is 12.5. The van der Waals surface area contributed by atoms with E-state index in [0.29, 0.717) is 0 Å². The molecule has 2 nitrogen and oxygen atoms in total. The fourth-order valence-corrected chi connectivity index (χ4v) is 9.56. The molecule has 0 aliphatic carbocycles.